The van der Waals surface area contributed by atoms with E-state index >= 15 is 0 Å². The Balaban J connectivity index is 0.000000609. The summed E-state index contributed by atoms with van der Waals surface area (Å²) in [5.41, 5.74) is 4.86. The van der Waals surface area contributed by atoms with Crippen LogP contribution in [0.25, 0.3) is 11.3 Å². The quantitative estimate of drug-likeness (QED) is 0.0438. The van der Waals surface area contributed by atoms with Gasteiger partial charge >= 0.3 is 6.03 Å². The normalized spacial score (nSPS) is 18.5. The number of unbranched alkanes of at least 4 members (excludes halogenated alkanes) is 2. The van der Waals surface area contributed by atoms with Crippen LogP contribution in [0.3, 0.4) is 0 Å². The first-order valence-corrected chi connectivity index (χ1v) is 20.4. The third kappa shape index (κ3) is 10.7. The molecule has 53 heavy (non-hydrogen) atoms. The van der Waals surface area contributed by atoms with Crippen LogP contribution in [-0.2, 0) is 22.5 Å². The number of thioether (sulfide) groups is 1. The molecule has 6 rings (SSSR count). The highest BCUT2D eigenvalue weighted by Crippen LogP contribution is 2.46. The highest BCUT2D eigenvalue weighted by Gasteiger charge is 2.42. The van der Waals surface area contributed by atoms with E-state index in [1.54, 1.807) is 20.4 Å². The second-order valence-corrected chi connectivity index (χ2v) is 15.5. The molecule has 0 spiro atoms. The molecular formula is C39H56ClN7O5S. The molecule has 0 bridgehead atoms. The van der Waals surface area contributed by atoms with Gasteiger partial charge in [-0.1, -0.05) is 64.5 Å². The van der Waals surface area contributed by atoms with Gasteiger partial charge in [-0.05, 0) is 48.6 Å². The highest BCUT2D eigenvalue weighted by atomic mass is 35.5. The molecule has 290 valence electrons. The van der Waals surface area contributed by atoms with E-state index in [2.05, 4.69) is 47.0 Å². The first-order chi connectivity index (χ1) is 25.8. The Bertz CT molecular complexity index is 1670. The molecule has 4 heterocycles. The lowest BCUT2D eigenvalue weighted by molar-refractivity contribution is -0.121. The van der Waals surface area contributed by atoms with E-state index in [9.17, 15) is 9.59 Å². The number of urea groups is 1. The summed E-state index contributed by atoms with van der Waals surface area (Å²) in [6.07, 6.45) is 11.1. The van der Waals surface area contributed by atoms with E-state index in [1.807, 2.05) is 40.7 Å². The van der Waals surface area contributed by atoms with Crippen molar-refractivity contribution in [2.75, 3.05) is 45.0 Å². The van der Waals surface area contributed by atoms with Crippen LogP contribution >= 0.6 is 23.4 Å². The Kier molecular flexibility index (Phi) is 15.4. The van der Waals surface area contributed by atoms with E-state index in [1.165, 1.54) is 25.7 Å². The maximum absolute atomic E-state index is 12.3. The molecule has 4 N–H and O–H groups in total. The number of hydrogen-bond donors (Lipinski definition) is 4. The smallest absolute Gasteiger partial charge is 0.315 e. The number of nitrogens with zero attached hydrogens (tertiary/aromatic N) is 3. The maximum atomic E-state index is 12.3. The number of halogens is 1. The van der Waals surface area contributed by atoms with Crippen LogP contribution < -0.4 is 30.7 Å². The molecule has 0 saturated carbocycles. The number of ether oxygens (including phenoxy) is 3. The van der Waals surface area contributed by atoms with Crippen molar-refractivity contribution in [2.45, 2.75) is 102 Å². The van der Waals surface area contributed by atoms with Gasteiger partial charge in [-0.15, -0.1) is 0 Å². The van der Waals surface area contributed by atoms with Gasteiger partial charge in [-0.25, -0.2) is 9.78 Å². The summed E-state index contributed by atoms with van der Waals surface area (Å²) in [5.74, 6) is 3.97. The number of methoxy groups -OCH3 is 2. The Morgan fingerprint density at radius 1 is 1.13 bits per heavy atom. The number of carbonyl (C=O) groups excluding carboxylic acids is 2. The van der Waals surface area contributed by atoms with Gasteiger partial charge in [0.25, 0.3) is 0 Å². The van der Waals surface area contributed by atoms with E-state index in [-0.39, 0.29) is 24.0 Å². The van der Waals surface area contributed by atoms with Gasteiger partial charge < -0.3 is 35.5 Å². The zero-order valence-corrected chi connectivity index (χ0v) is 33.3. The van der Waals surface area contributed by atoms with Crippen molar-refractivity contribution in [3.63, 3.8) is 0 Å². The predicted octanol–water partition coefficient (Wildman–Crippen LogP) is 7.34. The topological polar surface area (TPSA) is 141 Å². The Morgan fingerprint density at radius 3 is 2.70 bits per heavy atom. The minimum Gasteiger partial charge on any atom is -0.493 e. The molecule has 3 aromatic rings. The van der Waals surface area contributed by atoms with E-state index in [0.29, 0.717) is 72.6 Å². The molecule has 14 heteroatoms. The Hall–Kier alpha value is -3.68. The van der Waals surface area contributed by atoms with Gasteiger partial charge in [0.15, 0.2) is 22.5 Å². The third-order valence-electron chi connectivity index (χ3n) is 10.1. The van der Waals surface area contributed by atoms with Crippen LogP contribution in [0.2, 0.25) is 5.15 Å². The van der Waals surface area contributed by atoms with Gasteiger partial charge in [0.1, 0.15) is 0 Å². The lowest BCUT2D eigenvalue weighted by atomic mass is 10.0. The number of pyridine rings is 1. The average molecular weight is 770 g/mol. The Morgan fingerprint density at radius 2 is 1.94 bits per heavy atom. The molecule has 3 aliphatic rings. The van der Waals surface area contributed by atoms with Gasteiger partial charge in [-0.2, -0.15) is 16.9 Å². The average Bonchev–Trinajstić information content (AvgIpc) is 3.92. The molecule has 0 radical (unpaired) electrons. The zero-order chi connectivity index (χ0) is 37.7. The summed E-state index contributed by atoms with van der Waals surface area (Å²) in [6.45, 7) is 8.64. The number of anilines is 2. The fourth-order valence-corrected chi connectivity index (χ4v) is 8.66. The van der Waals surface area contributed by atoms with Crippen LogP contribution in [0.5, 0.6) is 11.5 Å². The van der Waals surface area contributed by atoms with Crippen molar-refractivity contribution in [3.8, 4) is 22.8 Å². The van der Waals surface area contributed by atoms with Crippen LogP contribution in [-0.4, -0.2) is 83.8 Å². The predicted molar refractivity (Wildman–Crippen MR) is 213 cm³/mol. The molecule has 2 aromatic heterocycles. The number of hydrogen-bond acceptors (Lipinski definition) is 9. The number of benzene rings is 1. The SMILES string of the molecule is CCCCC(C)CC.COc1cc2c(cc1OC)-c1c(c(Nc3cccnc3Cl)nn1CCOCCNC(=O)CCCCC1SCC3NC(=O)NC31)C2. The van der Waals surface area contributed by atoms with Gasteiger partial charge in [-0.3, -0.25) is 9.48 Å². The number of fused-ring (bicyclic) bond motifs is 4. The van der Waals surface area contributed by atoms with Crippen LogP contribution in [0.1, 0.15) is 83.3 Å². The molecule has 3 amide bonds. The summed E-state index contributed by atoms with van der Waals surface area (Å²) >= 11 is 8.23. The summed E-state index contributed by atoms with van der Waals surface area (Å²) < 4.78 is 19.0. The van der Waals surface area contributed by atoms with E-state index < -0.39 is 0 Å². The van der Waals surface area contributed by atoms with Gasteiger partial charge in [0.2, 0.25) is 5.91 Å². The molecule has 4 unspecified atom stereocenters. The van der Waals surface area contributed by atoms with Crippen LogP contribution in [0.15, 0.2) is 30.5 Å². The molecule has 2 saturated heterocycles. The summed E-state index contributed by atoms with van der Waals surface area (Å²) in [6, 6.07) is 8.06. The minimum absolute atomic E-state index is 0.0297. The van der Waals surface area contributed by atoms with Crippen molar-refractivity contribution < 1.29 is 23.8 Å². The van der Waals surface area contributed by atoms with Crippen molar-refractivity contribution in [3.05, 3.63) is 46.7 Å². The zero-order valence-electron chi connectivity index (χ0n) is 31.8. The highest BCUT2D eigenvalue weighted by molar-refractivity contribution is 8.00. The largest absolute Gasteiger partial charge is 0.493 e. The fraction of sp³-hybridized carbons (Fsp3) is 0.590. The number of rotatable bonds is 19. The van der Waals surface area contributed by atoms with Crippen molar-refractivity contribution in [1.29, 1.82) is 0 Å². The van der Waals surface area contributed by atoms with Gasteiger partial charge in [0, 0.05) is 47.7 Å². The second kappa shape index (κ2) is 20.1. The van der Waals surface area contributed by atoms with E-state index in [4.69, 9.17) is 30.9 Å². The van der Waals surface area contributed by atoms with Crippen molar-refractivity contribution in [2.24, 2.45) is 5.92 Å². The summed E-state index contributed by atoms with van der Waals surface area (Å²) in [4.78, 5) is 28.1. The number of carbonyl (C=O) groups is 2. The first kappa shape index (κ1) is 40.5. The van der Waals surface area contributed by atoms with Crippen LogP contribution in [0, 0.1) is 5.92 Å². The molecule has 1 aromatic carbocycles. The number of aromatic nitrogens is 3. The first-order valence-electron chi connectivity index (χ1n) is 19.0. The van der Waals surface area contributed by atoms with Crippen molar-refractivity contribution >= 4 is 46.8 Å². The lowest BCUT2D eigenvalue weighted by Gasteiger charge is -2.16. The minimum atomic E-state index is -0.0644. The number of nitrogens with one attached hydrogen (secondary N) is 4. The van der Waals surface area contributed by atoms with E-state index in [0.717, 1.165) is 53.3 Å². The molecular weight excluding hydrogens is 714 g/mol. The standard InChI is InChI=1S/C31H38ClN7O5S.C8H18/c1-42-23-15-18-14-20-28(19(18)16-24(23)43-2)39(38-30(20)35-21-6-5-9-34-29(21)32)11-13-44-12-10-33-26(40)8-4-3-7-25-27-22(17-45-25)36-31(41)37-27;1-4-6-7-8(3)5-2/h5-6,9,15-16,22,25,27H,3-4,7-8,10-14,17H2,1-2H3,(H,33,40)(H,35,38)(H2,36,37,41);8H,4-7H2,1-3H3. The molecule has 2 fully saturated rings. The molecule has 4 atom stereocenters. The Labute approximate surface area is 323 Å². The fourth-order valence-electron chi connectivity index (χ4n) is 6.95. The summed E-state index contributed by atoms with van der Waals surface area (Å²) in [7, 11) is 3.26. The van der Waals surface area contributed by atoms with Crippen LogP contribution in [0.4, 0.5) is 16.3 Å². The maximum Gasteiger partial charge on any atom is 0.315 e. The third-order valence-corrected chi connectivity index (χ3v) is 11.9. The molecule has 1 aliphatic carbocycles. The molecule has 2 aliphatic heterocycles. The van der Waals surface area contributed by atoms with Gasteiger partial charge in [0.05, 0.1) is 57.4 Å². The molecule has 12 nitrogen and oxygen atoms in total. The second-order valence-electron chi connectivity index (χ2n) is 13.9. The number of amides is 3. The lowest BCUT2D eigenvalue weighted by Crippen LogP contribution is -2.36. The summed E-state index contributed by atoms with van der Waals surface area (Å²) in [5, 5.41) is 18.0. The van der Waals surface area contributed by atoms with Crippen molar-refractivity contribution in [1.82, 2.24) is 30.7 Å². The monoisotopic (exact) mass is 769 g/mol.